The van der Waals surface area contributed by atoms with Gasteiger partial charge in [-0.15, -0.1) is 0 Å². The van der Waals surface area contributed by atoms with Crippen LogP contribution in [0.3, 0.4) is 0 Å². The van der Waals surface area contributed by atoms with Crippen molar-refractivity contribution in [2.75, 3.05) is 11.5 Å². The highest BCUT2D eigenvalue weighted by Gasteiger charge is 2.03. The average Bonchev–Trinajstić information content (AvgIpc) is 2.19. The van der Waals surface area contributed by atoms with Crippen LogP contribution in [0.25, 0.3) is 0 Å². The van der Waals surface area contributed by atoms with Crippen LogP contribution in [0.5, 0.6) is 0 Å². The Kier molecular flexibility index (Phi) is 4.54. The van der Waals surface area contributed by atoms with Crippen LogP contribution in [-0.4, -0.2) is 22.3 Å². The fourth-order valence-corrected chi connectivity index (χ4v) is 1.60. The van der Waals surface area contributed by atoms with Gasteiger partial charge in [0.15, 0.2) is 5.78 Å². The van der Waals surface area contributed by atoms with Crippen molar-refractivity contribution in [3.63, 3.8) is 0 Å². The molecule has 0 aliphatic heterocycles. The van der Waals surface area contributed by atoms with E-state index in [-0.39, 0.29) is 5.78 Å². The Labute approximate surface area is 82.8 Å². The summed E-state index contributed by atoms with van der Waals surface area (Å²) < 4.78 is 0. The number of carbonyl (C=O) groups is 1. The van der Waals surface area contributed by atoms with E-state index < -0.39 is 0 Å². The first-order valence-electron chi connectivity index (χ1n) is 4.35. The summed E-state index contributed by atoms with van der Waals surface area (Å²) in [6.45, 7) is 2.10. The smallest absolute Gasteiger partial charge is 0.165 e. The van der Waals surface area contributed by atoms with Gasteiger partial charge >= 0.3 is 0 Å². The van der Waals surface area contributed by atoms with E-state index in [1.54, 1.807) is 30.2 Å². The first-order valence-corrected chi connectivity index (χ1v) is 5.51. The molecule has 0 fully saturated rings. The van der Waals surface area contributed by atoms with Crippen LogP contribution in [0.1, 0.15) is 23.7 Å². The second-order valence-electron chi connectivity index (χ2n) is 2.61. The topological polar surface area (TPSA) is 30.0 Å². The van der Waals surface area contributed by atoms with Gasteiger partial charge in [-0.05, 0) is 17.9 Å². The zero-order valence-electron chi connectivity index (χ0n) is 7.69. The molecule has 0 aliphatic rings. The quantitative estimate of drug-likeness (QED) is 0.534. The van der Waals surface area contributed by atoms with E-state index in [0.29, 0.717) is 6.42 Å². The SMILES string of the molecule is CCSCCC(=O)c1cccnc1. The van der Waals surface area contributed by atoms with Gasteiger partial charge < -0.3 is 0 Å². The maximum absolute atomic E-state index is 11.5. The third kappa shape index (κ3) is 3.59. The zero-order valence-corrected chi connectivity index (χ0v) is 8.51. The molecule has 1 rings (SSSR count). The fraction of sp³-hybridized carbons (Fsp3) is 0.400. The highest BCUT2D eigenvalue weighted by atomic mass is 32.2. The van der Waals surface area contributed by atoms with Crippen molar-refractivity contribution in [1.82, 2.24) is 4.98 Å². The average molecular weight is 195 g/mol. The summed E-state index contributed by atoms with van der Waals surface area (Å²) in [6.07, 6.45) is 3.92. The molecule has 1 aromatic rings. The van der Waals surface area contributed by atoms with Gasteiger partial charge in [0.25, 0.3) is 0 Å². The Balaban J connectivity index is 2.40. The first kappa shape index (κ1) is 10.3. The molecule has 0 unspecified atom stereocenters. The molecule has 0 saturated carbocycles. The minimum atomic E-state index is 0.189. The van der Waals surface area contributed by atoms with Gasteiger partial charge in [0.2, 0.25) is 0 Å². The monoisotopic (exact) mass is 195 g/mol. The van der Waals surface area contributed by atoms with Crippen molar-refractivity contribution in [3.8, 4) is 0 Å². The van der Waals surface area contributed by atoms with E-state index in [2.05, 4.69) is 11.9 Å². The second-order valence-corrected chi connectivity index (χ2v) is 4.01. The molecule has 0 aromatic carbocycles. The second kappa shape index (κ2) is 5.75. The molecule has 0 bridgehead atoms. The summed E-state index contributed by atoms with van der Waals surface area (Å²) in [5.74, 6) is 2.17. The van der Waals surface area contributed by atoms with Crippen molar-refractivity contribution in [3.05, 3.63) is 30.1 Å². The van der Waals surface area contributed by atoms with Crippen LogP contribution in [0, 0.1) is 0 Å². The molecular weight excluding hydrogens is 182 g/mol. The predicted octanol–water partition coefficient (Wildman–Crippen LogP) is 2.41. The molecule has 0 spiro atoms. The lowest BCUT2D eigenvalue weighted by atomic mass is 10.1. The largest absolute Gasteiger partial charge is 0.294 e. The van der Waals surface area contributed by atoms with Crippen molar-refractivity contribution in [2.45, 2.75) is 13.3 Å². The normalized spacial score (nSPS) is 9.92. The Morgan fingerprint density at radius 2 is 2.46 bits per heavy atom. The number of rotatable bonds is 5. The highest BCUT2D eigenvalue weighted by Crippen LogP contribution is 2.06. The molecule has 0 saturated heterocycles. The van der Waals surface area contributed by atoms with E-state index in [1.807, 2.05) is 6.07 Å². The summed E-state index contributed by atoms with van der Waals surface area (Å²) in [4.78, 5) is 15.4. The Hall–Kier alpha value is -0.830. The predicted molar refractivity (Wildman–Crippen MR) is 56.2 cm³/mol. The lowest BCUT2D eigenvalue weighted by molar-refractivity contribution is 0.0989. The van der Waals surface area contributed by atoms with Crippen LogP contribution in [0.2, 0.25) is 0 Å². The van der Waals surface area contributed by atoms with E-state index in [4.69, 9.17) is 0 Å². The Morgan fingerprint density at radius 3 is 3.08 bits per heavy atom. The minimum absolute atomic E-state index is 0.189. The summed E-state index contributed by atoms with van der Waals surface area (Å²) in [5, 5.41) is 0. The molecule has 13 heavy (non-hydrogen) atoms. The van der Waals surface area contributed by atoms with Gasteiger partial charge in [-0.25, -0.2) is 0 Å². The number of ketones is 1. The number of Topliss-reactive ketones (excluding diaryl/α,β-unsaturated/α-hetero) is 1. The third-order valence-electron chi connectivity index (χ3n) is 1.66. The first-order chi connectivity index (χ1) is 6.34. The van der Waals surface area contributed by atoms with Crippen molar-refractivity contribution in [1.29, 1.82) is 0 Å². The number of aromatic nitrogens is 1. The van der Waals surface area contributed by atoms with Gasteiger partial charge in [0.05, 0.1) is 0 Å². The number of hydrogen-bond donors (Lipinski definition) is 0. The third-order valence-corrected chi connectivity index (χ3v) is 2.56. The molecule has 0 atom stereocenters. The zero-order chi connectivity index (χ0) is 9.52. The number of pyridine rings is 1. The van der Waals surface area contributed by atoms with Crippen molar-refractivity contribution >= 4 is 17.5 Å². The van der Waals surface area contributed by atoms with Gasteiger partial charge in [-0.1, -0.05) is 6.92 Å². The van der Waals surface area contributed by atoms with Crippen molar-refractivity contribution in [2.24, 2.45) is 0 Å². The number of nitrogens with zero attached hydrogens (tertiary/aromatic N) is 1. The van der Waals surface area contributed by atoms with Crippen LogP contribution >= 0.6 is 11.8 Å². The van der Waals surface area contributed by atoms with Crippen molar-refractivity contribution < 1.29 is 4.79 Å². The maximum Gasteiger partial charge on any atom is 0.165 e. The molecule has 3 heteroatoms. The summed E-state index contributed by atoms with van der Waals surface area (Å²) in [7, 11) is 0. The van der Waals surface area contributed by atoms with E-state index in [9.17, 15) is 4.79 Å². The van der Waals surface area contributed by atoms with E-state index in [1.165, 1.54) is 0 Å². The van der Waals surface area contributed by atoms with Gasteiger partial charge in [0.1, 0.15) is 0 Å². The molecular formula is C10H13NOS. The molecule has 0 aliphatic carbocycles. The van der Waals surface area contributed by atoms with Crippen LogP contribution < -0.4 is 0 Å². The van der Waals surface area contributed by atoms with Gasteiger partial charge in [0, 0.05) is 30.1 Å². The number of carbonyl (C=O) groups excluding carboxylic acids is 1. The number of hydrogen-bond acceptors (Lipinski definition) is 3. The van der Waals surface area contributed by atoms with Gasteiger partial charge in [-0.2, -0.15) is 11.8 Å². The standard InChI is InChI=1S/C10H13NOS/c1-2-13-7-5-10(12)9-4-3-6-11-8-9/h3-4,6,8H,2,5,7H2,1H3. The molecule has 0 N–H and O–H groups in total. The lowest BCUT2D eigenvalue weighted by Crippen LogP contribution is -2.00. The van der Waals surface area contributed by atoms with E-state index >= 15 is 0 Å². The molecule has 0 radical (unpaired) electrons. The minimum Gasteiger partial charge on any atom is -0.294 e. The summed E-state index contributed by atoms with van der Waals surface area (Å²) >= 11 is 1.79. The summed E-state index contributed by atoms with van der Waals surface area (Å²) in [5.41, 5.74) is 0.721. The maximum atomic E-state index is 11.5. The molecule has 70 valence electrons. The van der Waals surface area contributed by atoms with E-state index in [0.717, 1.165) is 17.1 Å². The summed E-state index contributed by atoms with van der Waals surface area (Å²) in [6, 6.07) is 3.60. The molecule has 0 amide bonds. The molecule has 2 nitrogen and oxygen atoms in total. The number of thioether (sulfide) groups is 1. The van der Waals surface area contributed by atoms with Crippen LogP contribution in [0.4, 0.5) is 0 Å². The fourth-order valence-electron chi connectivity index (χ4n) is 0.981. The van der Waals surface area contributed by atoms with Gasteiger partial charge in [-0.3, -0.25) is 9.78 Å². The Bertz CT molecular complexity index is 261. The van der Waals surface area contributed by atoms with Crippen LogP contribution in [-0.2, 0) is 0 Å². The van der Waals surface area contributed by atoms with Crippen LogP contribution in [0.15, 0.2) is 24.5 Å². The Morgan fingerprint density at radius 1 is 1.62 bits per heavy atom. The molecule has 1 heterocycles. The lowest BCUT2D eigenvalue weighted by Gasteiger charge is -1.98. The molecule has 1 aromatic heterocycles. The highest BCUT2D eigenvalue weighted by molar-refractivity contribution is 7.99.